The van der Waals surface area contributed by atoms with E-state index in [0.29, 0.717) is 6.42 Å². The molecule has 6 atom stereocenters. The largest absolute Gasteiger partial charge is 0.460 e. The van der Waals surface area contributed by atoms with Crippen molar-refractivity contribution in [2.45, 2.75) is 118 Å². The van der Waals surface area contributed by atoms with Gasteiger partial charge < -0.3 is 15.2 Å². The standard InChI is InChI=1S/C24H45NO4/c1-7-17(4)23-19(6)15-18(5)20(26)13-11-9-8-10-12-14-21(27)25-22(16(2)3)24(28)29-23/h16-20,22-23,26H,7-15H2,1-6H3,(H,25,27)/t17-,18-,19-,20-,22-,23?/m0/s1. The van der Waals surface area contributed by atoms with Gasteiger partial charge in [-0.15, -0.1) is 0 Å². The van der Waals surface area contributed by atoms with Gasteiger partial charge in [0.15, 0.2) is 0 Å². The molecule has 0 aromatic carbocycles. The first-order valence-electron chi connectivity index (χ1n) is 11.8. The van der Waals surface area contributed by atoms with Crippen LogP contribution in [0.4, 0.5) is 0 Å². The van der Waals surface area contributed by atoms with Crippen molar-refractivity contribution in [3.8, 4) is 0 Å². The summed E-state index contributed by atoms with van der Waals surface area (Å²) in [5.41, 5.74) is 0. The Bertz CT molecular complexity index is 493. The number of cyclic esters (lactones) is 1. The Morgan fingerprint density at radius 3 is 2.28 bits per heavy atom. The summed E-state index contributed by atoms with van der Waals surface area (Å²) >= 11 is 0. The van der Waals surface area contributed by atoms with Crippen LogP contribution in [0.2, 0.25) is 0 Å². The lowest BCUT2D eigenvalue weighted by atomic mass is 9.83. The Labute approximate surface area is 178 Å². The smallest absolute Gasteiger partial charge is 0.329 e. The minimum absolute atomic E-state index is 0.0258. The molecule has 29 heavy (non-hydrogen) atoms. The molecule has 1 aliphatic heterocycles. The fourth-order valence-corrected chi connectivity index (χ4v) is 4.31. The number of aliphatic hydroxyl groups excluding tert-OH is 1. The molecule has 0 bridgehead atoms. The average Bonchev–Trinajstić information content (AvgIpc) is 2.67. The van der Waals surface area contributed by atoms with E-state index in [4.69, 9.17) is 4.74 Å². The van der Waals surface area contributed by atoms with Crippen molar-refractivity contribution in [1.82, 2.24) is 5.32 Å². The van der Waals surface area contributed by atoms with Crippen molar-refractivity contribution in [3.05, 3.63) is 0 Å². The number of esters is 1. The van der Waals surface area contributed by atoms with Crippen molar-refractivity contribution in [1.29, 1.82) is 0 Å². The zero-order chi connectivity index (χ0) is 22.0. The van der Waals surface area contributed by atoms with Gasteiger partial charge in [0.1, 0.15) is 12.1 Å². The molecule has 5 heteroatoms. The highest BCUT2D eigenvalue weighted by atomic mass is 16.5. The van der Waals surface area contributed by atoms with E-state index in [1.54, 1.807) is 0 Å². The predicted molar refractivity (Wildman–Crippen MR) is 117 cm³/mol. The van der Waals surface area contributed by atoms with Crippen LogP contribution in [0, 0.1) is 23.7 Å². The topological polar surface area (TPSA) is 75.6 Å². The Hall–Kier alpha value is -1.10. The molecule has 1 amide bonds. The van der Waals surface area contributed by atoms with Crippen molar-refractivity contribution in [3.63, 3.8) is 0 Å². The number of hydrogen-bond acceptors (Lipinski definition) is 4. The fourth-order valence-electron chi connectivity index (χ4n) is 4.31. The Morgan fingerprint density at radius 2 is 1.66 bits per heavy atom. The van der Waals surface area contributed by atoms with Crippen molar-refractivity contribution in [2.24, 2.45) is 23.7 Å². The molecule has 1 rings (SSSR count). The first kappa shape index (κ1) is 25.9. The molecular formula is C24H45NO4. The summed E-state index contributed by atoms with van der Waals surface area (Å²) in [7, 11) is 0. The molecule has 0 aromatic rings. The lowest BCUT2D eigenvalue weighted by Gasteiger charge is -2.33. The normalized spacial score (nSPS) is 32.9. The monoisotopic (exact) mass is 411 g/mol. The molecule has 1 unspecified atom stereocenters. The molecule has 0 aromatic heterocycles. The number of carbonyl (C=O) groups excluding carboxylic acids is 2. The molecule has 1 heterocycles. The fraction of sp³-hybridized carbons (Fsp3) is 0.917. The van der Waals surface area contributed by atoms with Gasteiger partial charge in [-0.25, -0.2) is 4.79 Å². The zero-order valence-electron chi connectivity index (χ0n) is 19.6. The highest BCUT2D eigenvalue weighted by molar-refractivity contribution is 5.84. The van der Waals surface area contributed by atoms with Crippen LogP contribution in [0.3, 0.4) is 0 Å². The first-order valence-corrected chi connectivity index (χ1v) is 11.8. The summed E-state index contributed by atoms with van der Waals surface area (Å²) in [5.74, 6) is 0.125. The minimum atomic E-state index is -0.611. The van der Waals surface area contributed by atoms with Gasteiger partial charge in [-0.1, -0.05) is 73.6 Å². The van der Waals surface area contributed by atoms with Gasteiger partial charge in [-0.2, -0.15) is 0 Å². The van der Waals surface area contributed by atoms with Gasteiger partial charge in [0, 0.05) is 6.42 Å². The summed E-state index contributed by atoms with van der Waals surface area (Å²) in [4.78, 5) is 25.3. The molecule has 1 aliphatic rings. The van der Waals surface area contributed by atoms with Gasteiger partial charge in [-0.3, -0.25) is 4.79 Å². The van der Waals surface area contributed by atoms with E-state index in [-0.39, 0.29) is 47.8 Å². The highest BCUT2D eigenvalue weighted by Crippen LogP contribution is 2.28. The molecule has 2 N–H and O–H groups in total. The van der Waals surface area contributed by atoms with Crippen LogP contribution >= 0.6 is 0 Å². The Morgan fingerprint density at radius 1 is 1.03 bits per heavy atom. The van der Waals surface area contributed by atoms with Crippen molar-refractivity contribution in [2.75, 3.05) is 0 Å². The highest BCUT2D eigenvalue weighted by Gasteiger charge is 2.33. The quantitative estimate of drug-likeness (QED) is 0.651. The van der Waals surface area contributed by atoms with Gasteiger partial charge in [0.2, 0.25) is 5.91 Å². The molecule has 0 radical (unpaired) electrons. The van der Waals surface area contributed by atoms with Gasteiger partial charge in [-0.05, 0) is 42.9 Å². The molecule has 1 fully saturated rings. The SMILES string of the molecule is CC[C@H](C)C1OC(=O)[C@H](C(C)C)NC(=O)CCCCCCC[C@H](O)[C@@H](C)C[C@@H]1C. The van der Waals surface area contributed by atoms with Crippen LogP contribution in [-0.2, 0) is 14.3 Å². The maximum atomic E-state index is 13.0. The van der Waals surface area contributed by atoms with E-state index in [9.17, 15) is 14.7 Å². The molecule has 170 valence electrons. The third kappa shape index (κ3) is 9.06. The maximum Gasteiger partial charge on any atom is 0.329 e. The third-order valence-electron chi connectivity index (χ3n) is 6.56. The number of carbonyl (C=O) groups is 2. The first-order chi connectivity index (χ1) is 13.7. The number of nitrogens with one attached hydrogen (secondary N) is 1. The second-order valence-electron chi connectivity index (χ2n) is 9.64. The van der Waals surface area contributed by atoms with Crippen LogP contribution in [0.15, 0.2) is 0 Å². The molecule has 0 aliphatic carbocycles. The zero-order valence-corrected chi connectivity index (χ0v) is 19.6. The van der Waals surface area contributed by atoms with Gasteiger partial charge >= 0.3 is 5.97 Å². The van der Waals surface area contributed by atoms with Crippen LogP contribution < -0.4 is 5.32 Å². The van der Waals surface area contributed by atoms with Crippen LogP contribution in [0.5, 0.6) is 0 Å². The summed E-state index contributed by atoms with van der Waals surface area (Å²) in [5, 5.41) is 13.5. The minimum Gasteiger partial charge on any atom is -0.460 e. The van der Waals surface area contributed by atoms with Gasteiger partial charge in [0.25, 0.3) is 0 Å². The van der Waals surface area contributed by atoms with Crippen molar-refractivity contribution < 1.29 is 19.4 Å². The Kier molecular flexibility index (Phi) is 11.9. The van der Waals surface area contributed by atoms with Crippen LogP contribution in [-0.4, -0.2) is 35.2 Å². The predicted octanol–water partition coefficient (Wildman–Crippen LogP) is 4.85. The summed E-state index contributed by atoms with van der Waals surface area (Å²) in [6.45, 7) is 12.3. The summed E-state index contributed by atoms with van der Waals surface area (Å²) in [6, 6.07) is -0.611. The number of aliphatic hydroxyl groups is 1. The molecule has 5 nitrogen and oxygen atoms in total. The van der Waals surface area contributed by atoms with E-state index in [2.05, 4.69) is 33.0 Å². The van der Waals surface area contributed by atoms with E-state index in [1.165, 1.54) is 0 Å². The molecule has 0 spiro atoms. The molecule has 1 saturated heterocycles. The molecule has 0 saturated carbocycles. The summed E-state index contributed by atoms with van der Waals surface area (Å²) in [6.07, 6.45) is 7.50. The lowest BCUT2D eigenvalue weighted by molar-refractivity contribution is -0.160. The summed E-state index contributed by atoms with van der Waals surface area (Å²) < 4.78 is 6.01. The second-order valence-corrected chi connectivity index (χ2v) is 9.64. The third-order valence-corrected chi connectivity index (χ3v) is 6.56. The average molecular weight is 412 g/mol. The second kappa shape index (κ2) is 13.3. The maximum absolute atomic E-state index is 13.0. The lowest BCUT2D eigenvalue weighted by Crippen LogP contribution is -2.47. The van der Waals surface area contributed by atoms with Crippen molar-refractivity contribution >= 4 is 11.9 Å². The number of hydrogen-bond donors (Lipinski definition) is 2. The van der Waals surface area contributed by atoms with Gasteiger partial charge in [0.05, 0.1) is 6.10 Å². The number of rotatable bonds is 3. The van der Waals surface area contributed by atoms with E-state index >= 15 is 0 Å². The van der Waals surface area contributed by atoms with Crippen LogP contribution in [0.1, 0.15) is 99.3 Å². The van der Waals surface area contributed by atoms with Crippen LogP contribution in [0.25, 0.3) is 0 Å². The van der Waals surface area contributed by atoms with E-state index in [1.807, 2.05) is 13.8 Å². The number of amides is 1. The number of ether oxygens (including phenoxy) is 1. The molecular weight excluding hydrogens is 366 g/mol. The Balaban J connectivity index is 3.01. The van der Waals surface area contributed by atoms with E-state index in [0.717, 1.165) is 51.4 Å². The van der Waals surface area contributed by atoms with E-state index < -0.39 is 6.04 Å².